The molecule has 1 aromatic heterocycles. The lowest BCUT2D eigenvalue weighted by molar-refractivity contribution is -0.133. The number of likely N-dealkylation sites (tertiary alicyclic amines) is 2. The van der Waals surface area contributed by atoms with Crippen LogP contribution in [0.25, 0.3) is 0 Å². The van der Waals surface area contributed by atoms with Gasteiger partial charge in [0.2, 0.25) is 0 Å². The summed E-state index contributed by atoms with van der Waals surface area (Å²) in [6.45, 7) is 6.61. The number of carbonyl (C=O) groups is 3. The number of imide groups is 1. The Labute approximate surface area is 177 Å². The summed E-state index contributed by atoms with van der Waals surface area (Å²) >= 11 is 0. The molecule has 4 amide bonds. The van der Waals surface area contributed by atoms with Crippen LogP contribution in [0.4, 0.5) is 4.79 Å². The van der Waals surface area contributed by atoms with Gasteiger partial charge in [0.05, 0.1) is 0 Å². The van der Waals surface area contributed by atoms with E-state index in [0.29, 0.717) is 38.2 Å². The Bertz CT molecular complexity index is 805. The normalized spacial score (nSPS) is 22.7. The van der Waals surface area contributed by atoms with Gasteiger partial charge in [0.15, 0.2) is 0 Å². The molecule has 4 heterocycles. The predicted molar refractivity (Wildman–Crippen MR) is 111 cm³/mol. The van der Waals surface area contributed by atoms with Crippen molar-refractivity contribution < 1.29 is 14.4 Å². The third-order valence-corrected chi connectivity index (χ3v) is 6.88. The van der Waals surface area contributed by atoms with Gasteiger partial charge in [-0.25, -0.2) is 4.79 Å². The van der Waals surface area contributed by atoms with Crippen LogP contribution in [0.2, 0.25) is 0 Å². The van der Waals surface area contributed by atoms with Crippen LogP contribution in [0.15, 0.2) is 12.3 Å². The molecular weight excluding hydrogens is 384 g/mol. The summed E-state index contributed by atoms with van der Waals surface area (Å²) in [6.07, 6.45) is 5.68. The summed E-state index contributed by atoms with van der Waals surface area (Å²) in [6, 6.07) is 1.48. The van der Waals surface area contributed by atoms with Crippen LogP contribution < -0.4 is 5.32 Å². The van der Waals surface area contributed by atoms with Gasteiger partial charge < -0.3 is 15.1 Å². The maximum atomic E-state index is 13.1. The number of amides is 4. The van der Waals surface area contributed by atoms with Crippen LogP contribution in [0.3, 0.4) is 0 Å². The minimum absolute atomic E-state index is 0.0127. The molecule has 3 saturated heterocycles. The summed E-state index contributed by atoms with van der Waals surface area (Å²) in [5, 5.41) is 7.08. The summed E-state index contributed by atoms with van der Waals surface area (Å²) in [4.78, 5) is 44.0. The second-order valence-electron chi connectivity index (χ2n) is 8.85. The molecule has 0 saturated carbocycles. The van der Waals surface area contributed by atoms with E-state index in [1.165, 1.54) is 4.90 Å². The monoisotopic (exact) mass is 416 g/mol. The molecule has 4 rings (SSSR count). The zero-order valence-electron chi connectivity index (χ0n) is 18.0. The van der Waals surface area contributed by atoms with Gasteiger partial charge in [-0.2, -0.15) is 5.10 Å². The van der Waals surface area contributed by atoms with Crippen molar-refractivity contribution in [1.29, 1.82) is 0 Å². The van der Waals surface area contributed by atoms with Gasteiger partial charge >= 0.3 is 6.03 Å². The first-order valence-electron chi connectivity index (χ1n) is 11.1. The number of nitrogens with zero attached hydrogens (tertiary/aromatic N) is 5. The molecule has 3 fully saturated rings. The molecule has 0 aromatic carbocycles. The average molecular weight is 417 g/mol. The van der Waals surface area contributed by atoms with Crippen LogP contribution in [0, 0.1) is 5.92 Å². The molecule has 9 heteroatoms. The molecular formula is C21H32N6O3. The van der Waals surface area contributed by atoms with Crippen molar-refractivity contribution in [3.63, 3.8) is 0 Å². The van der Waals surface area contributed by atoms with Crippen molar-refractivity contribution in [2.75, 3.05) is 39.3 Å². The fourth-order valence-electron chi connectivity index (χ4n) is 4.98. The standard InChI is InChI=1S/C21H32N6O3/c1-3-10-25-13-7-21(8-14-25)19(29)27(20(30)23-21)15-16-5-11-26(12-6-16)18(28)17-4-9-22-24(17)2/h4,9,16H,3,5-8,10-15H2,1-2H3,(H,23,30). The molecule has 1 spiro atoms. The number of piperidine rings is 2. The summed E-state index contributed by atoms with van der Waals surface area (Å²) in [5.41, 5.74) is -0.128. The lowest BCUT2D eigenvalue weighted by atomic mass is 9.87. The fourth-order valence-corrected chi connectivity index (χ4v) is 4.98. The number of nitrogens with one attached hydrogen (secondary N) is 1. The Hall–Kier alpha value is -2.42. The Morgan fingerprint density at radius 1 is 1.20 bits per heavy atom. The smallest absolute Gasteiger partial charge is 0.325 e. The number of hydrogen-bond acceptors (Lipinski definition) is 5. The van der Waals surface area contributed by atoms with Gasteiger partial charge in [0.1, 0.15) is 11.2 Å². The highest BCUT2D eigenvalue weighted by molar-refractivity contribution is 6.07. The molecule has 0 bridgehead atoms. The number of rotatable bonds is 5. The van der Waals surface area contributed by atoms with E-state index in [4.69, 9.17) is 0 Å². The van der Waals surface area contributed by atoms with Crippen LogP contribution in [0.5, 0.6) is 0 Å². The van der Waals surface area contributed by atoms with Gasteiger partial charge in [0.25, 0.3) is 11.8 Å². The van der Waals surface area contributed by atoms with Gasteiger partial charge in [-0.05, 0) is 50.6 Å². The molecule has 0 atom stereocenters. The second kappa shape index (κ2) is 8.37. The van der Waals surface area contributed by atoms with E-state index in [9.17, 15) is 14.4 Å². The van der Waals surface area contributed by atoms with Crippen molar-refractivity contribution >= 4 is 17.8 Å². The molecule has 1 N–H and O–H groups in total. The van der Waals surface area contributed by atoms with E-state index in [1.54, 1.807) is 24.0 Å². The Morgan fingerprint density at radius 2 is 1.90 bits per heavy atom. The van der Waals surface area contributed by atoms with E-state index >= 15 is 0 Å². The lowest BCUT2D eigenvalue weighted by Crippen LogP contribution is -2.55. The van der Waals surface area contributed by atoms with Crippen molar-refractivity contribution in [1.82, 2.24) is 29.8 Å². The van der Waals surface area contributed by atoms with Gasteiger partial charge in [-0.1, -0.05) is 6.92 Å². The van der Waals surface area contributed by atoms with E-state index in [1.807, 2.05) is 4.90 Å². The molecule has 0 aliphatic carbocycles. The Morgan fingerprint density at radius 3 is 2.50 bits per heavy atom. The summed E-state index contributed by atoms with van der Waals surface area (Å²) < 4.78 is 1.59. The Balaban J connectivity index is 1.31. The Kier molecular flexibility index (Phi) is 5.81. The second-order valence-corrected chi connectivity index (χ2v) is 8.85. The number of hydrogen-bond donors (Lipinski definition) is 1. The van der Waals surface area contributed by atoms with Crippen molar-refractivity contribution in [3.8, 4) is 0 Å². The zero-order valence-corrected chi connectivity index (χ0v) is 18.0. The SMILES string of the molecule is CCCN1CCC2(CC1)NC(=O)N(CC1CCN(C(=O)c3ccnn3C)CC1)C2=O. The van der Waals surface area contributed by atoms with Crippen molar-refractivity contribution in [2.45, 2.75) is 44.6 Å². The summed E-state index contributed by atoms with van der Waals surface area (Å²) in [5.74, 6) is 0.156. The van der Waals surface area contributed by atoms with Crippen LogP contribution in [-0.4, -0.2) is 87.1 Å². The summed E-state index contributed by atoms with van der Waals surface area (Å²) in [7, 11) is 1.76. The highest BCUT2D eigenvalue weighted by atomic mass is 16.2. The van der Waals surface area contributed by atoms with Gasteiger partial charge in [0, 0.05) is 46.0 Å². The quantitative estimate of drug-likeness (QED) is 0.725. The number of aromatic nitrogens is 2. The molecule has 0 radical (unpaired) electrons. The van der Waals surface area contributed by atoms with E-state index < -0.39 is 5.54 Å². The first-order valence-corrected chi connectivity index (χ1v) is 11.1. The third-order valence-electron chi connectivity index (χ3n) is 6.88. The third kappa shape index (κ3) is 3.82. The van der Waals surface area contributed by atoms with Gasteiger partial charge in [-0.15, -0.1) is 0 Å². The first-order chi connectivity index (χ1) is 14.4. The average Bonchev–Trinajstić information content (AvgIpc) is 3.27. The first kappa shape index (κ1) is 20.8. The molecule has 164 valence electrons. The van der Waals surface area contributed by atoms with E-state index in [2.05, 4.69) is 22.2 Å². The van der Waals surface area contributed by atoms with Crippen LogP contribution in [0.1, 0.15) is 49.5 Å². The molecule has 0 unspecified atom stereocenters. The minimum Gasteiger partial charge on any atom is -0.337 e. The molecule has 1 aromatic rings. The zero-order chi connectivity index (χ0) is 21.3. The fraction of sp³-hybridized carbons (Fsp3) is 0.714. The maximum absolute atomic E-state index is 13.1. The molecule has 9 nitrogen and oxygen atoms in total. The van der Waals surface area contributed by atoms with Crippen LogP contribution >= 0.6 is 0 Å². The van der Waals surface area contributed by atoms with Crippen molar-refractivity contribution in [2.24, 2.45) is 13.0 Å². The maximum Gasteiger partial charge on any atom is 0.325 e. The molecule has 30 heavy (non-hydrogen) atoms. The molecule has 3 aliphatic heterocycles. The van der Waals surface area contributed by atoms with Gasteiger partial charge in [-0.3, -0.25) is 19.2 Å². The lowest BCUT2D eigenvalue weighted by Gasteiger charge is -2.37. The largest absolute Gasteiger partial charge is 0.337 e. The number of urea groups is 1. The van der Waals surface area contributed by atoms with E-state index in [0.717, 1.165) is 38.9 Å². The number of aryl methyl sites for hydroxylation is 1. The molecule has 3 aliphatic rings. The van der Waals surface area contributed by atoms with E-state index in [-0.39, 0.29) is 23.8 Å². The van der Waals surface area contributed by atoms with Crippen LogP contribution in [-0.2, 0) is 11.8 Å². The number of carbonyl (C=O) groups excluding carboxylic acids is 3. The highest BCUT2D eigenvalue weighted by Crippen LogP contribution is 2.31. The topological polar surface area (TPSA) is 90.8 Å². The van der Waals surface area contributed by atoms with Crippen molar-refractivity contribution in [3.05, 3.63) is 18.0 Å². The highest BCUT2D eigenvalue weighted by Gasteiger charge is 2.52. The predicted octanol–water partition coefficient (Wildman–Crippen LogP) is 1.07. The minimum atomic E-state index is -0.711.